The normalized spacial score (nSPS) is 20.5. The Morgan fingerprint density at radius 3 is 2.44 bits per heavy atom. The van der Waals surface area contributed by atoms with Crippen molar-refractivity contribution in [1.82, 2.24) is 9.62 Å². The minimum atomic E-state index is -3.54. The number of nitrogens with zero attached hydrogens (tertiary/aromatic N) is 2. The second-order valence-corrected chi connectivity index (χ2v) is 8.82. The maximum atomic E-state index is 12.7. The molecule has 1 atom stereocenters. The van der Waals surface area contributed by atoms with Crippen LogP contribution in [0.3, 0.4) is 0 Å². The number of sulfonamides is 1. The lowest BCUT2D eigenvalue weighted by atomic mass is 9.91. The molecule has 0 aromatic heterocycles. The van der Waals surface area contributed by atoms with E-state index in [1.807, 2.05) is 11.0 Å². The van der Waals surface area contributed by atoms with Crippen molar-refractivity contribution in [3.05, 3.63) is 24.3 Å². The Bertz CT molecular complexity index is 756. The number of anilines is 1. The molecule has 0 bridgehead atoms. The van der Waals surface area contributed by atoms with Crippen molar-refractivity contribution in [2.75, 3.05) is 51.3 Å². The van der Waals surface area contributed by atoms with Crippen LogP contribution >= 0.6 is 0 Å². The van der Waals surface area contributed by atoms with Crippen LogP contribution in [0.25, 0.3) is 0 Å². The number of para-hydroxylation sites is 1. The van der Waals surface area contributed by atoms with Crippen molar-refractivity contribution in [3.8, 4) is 0 Å². The molecule has 1 unspecified atom stereocenters. The number of hydrogen-bond donors (Lipinski definition) is 2. The van der Waals surface area contributed by atoms with Gasteiger partial charge in [0.05, 0.1) is 11.7 Å². The van der Waals surface area contributed by atoms with Crippen LogP contribution in [0.4, 0.5) is 5.69 Å². The van der Waals surface area contributed by atoms with E-state index in [9.17, 15) is 13.2 Å². The van der Waals surface area contributed by atoms with Crippen molar-refractivity contribution in [2.45, 2.75) is 23.8 Å². The van der Waals surface area contributed by atoms with Gasteiger partial charge in [-0.05, 0) is 37.9 Å². The summed E-state index contributed by atoms with van der Waals surface area (Å²) in [6.45, 7) is 3.53. The molecule has 2 saturated heterocycles. The van der Waals surface area contributed by atoms with Crippen LogP contribution in [0, 0.1) is 5.92 Å². The monoisotopic (exact) mass is 396 g/mol. The first-order valence-electron chi connectivity index (χ1n) is 9.33. The number of rotatable bonds is 5. The highest BCUT2D eigenvalue weighted by molar-refractivity contribution is 7.89. The highest BCUT2D eigenvalue weighted by Crippen LogP contribution is 2.26. The van der Waals surface area contributed by atoms with E-state index in [2.05, 4.69) is 4.72 Å². The number of amides is 1. The highest BCUT2D eigenvalue weighted by Gasteiger charge is 2.32. The maximum Gasteiger partial charge on any atom is 0.242 e. The summed E-state index contributed by atoms with van der Waals surface area (Å²) in [5, 5.41) is 0. The Hall–Kier alpha value is -1.68. The fraction of sp³-hybridized carbons (Fsp3) is 0.611. The van der Waals surface area contributed by atoms with Crippen molar-refractivity contribution >= 4 is 21.6 Å². The summed E-state index contributed by atoms with van der Waals surface area (Å²) in [6, 6.07) is 6.44. The summed E-state index contributed by atoms with van der Waals surface area (Å²) in [5.74, 6) is 0.156. The summed E-state index contributed by atoms with van der Waals surface area (Å²) in [5.41, 5.74) is 6.88. The van der Waals surface area contributed by atoms with Crippen molar-refractivity contribution in [3.63, 3.8) is 0 Å². The molecule has 1 aromatic rings. The number of carbonyl (C=O) groups is 1. The molecule has 2 aliphatic heterocycles. The van der Waals surface area contributed by atoms with Gasteiger partial charge in [-0.2, -0.15) is 0 Å². The minimum absolute atomic E-state index is 0.0160. The van der Waals surface area contributed by atoms with E-state index < -0.39 is 16.1 Å². The third-order valence-electron chi connectivity index (χ3n) is 5.41. The molecule has 150 valence electrons. The Labute approximate surface area is 160 Å². The number of carbonyl (C=O) groups excluding carboxylic acids is 1. The predicted octanol–water partition coefficient (Wildman–Crippen LogP) is -0.00280. The lowest BCUT2D eigenvalue weighted by Gasteiger charge is -2.39. The van der Waals surface area contributed by atoms with E-state index in [-0.39, 0.29) is 16.7 Å². The van der Waals surface area contributed by atoms with Gasteiger partial charge in [0.15, 0.2) is 0 Å². The van der Waals surface area contributed by atoms with Gasteiger partial charge in [-0.1, -0.05) is 12.1 Å². The van der Waals surface area contributed by atoms with Gasteiger partial charge in [0.25, 0.3) is 0 Å². The molecule has 8 nitrogen and oxygen atoms in total. The van der Waals surface area contributed by atoms with Gasteiger partial charge in [0.1, 0.15) is 4.90 Å². The van der Waals surface area contributed by atoms with Crippen LogP contribution in [0.15, 0.2) is 29.2 Å². The van der Waals surface area contributed by atoms with Crippen LogP contribution in [-0.4, -0.2) is 71.7 Å². The molecular formula is C18H28N4O4S. The maximum absolute atomic E-state index is 12.7. The first kappa shape index (κ1) is 20.1. The number of ether oxygens (including phenoxy) is 1. The Morgan fingerprint density at radius 1 is 1.19 bits per heavy atom. The summed E-state index contributed by atoms with van der Waals surface area (Å²) >= 11 is 0. The average molecular weight is 397 g/mol. The van der Waals surface area contributed by atoms with Gasteiger partial charge in [0.2, 0.25) is 15.9 Å². The molecule has 1 amide bonds. The molecule has 1 aromatic carbocycles. The lowest BCUT2D eigenvalue weighted by Crippen LogP contribution is -2.55. The Morgan fingerprint density at radius 2 is 1.81 bits per heavy atom. The van der Waals surface area contributed by atoms with Crippen LogP contribution in [0.1, 0.15) is 12.8 Å². The van der Waals surface area contributed by atoms with Crippen molar-refractivity contribution in [2.24, 2.45) is 11.7 Å². The van der Waals surface area contributed by atoms with E-state index in [1.165, 1.54) is 7.05 Å². The lowest BCUT2D eigenvalue weighted by molar-refractivity contribution is -0.135. The number of benzene rings is 1. The van der Waals surface area contributed by atoms with Gasteiger partial charge in [-0.15, -0.1) is 0 Å². The smallest absolute Gasteiger partial charge is 0.242 e. The molecule has 9 heteroatoms. The topological polar surface area (TPSA) is 105 Å². The average Bonchev–Trinajstić information content (AvgIpc) is 2.73. The van der Waals surface area contributed by atoms with Crippen molar-refractivity contribution in [1.29, 1.82) is 0 Å². The third kappa shape index (κ3) is 4.43. The SMILES string of the molecule is CNS(=O)(=O)c1ccccc1N1CCN(C(=O)C(N)C2CCOCC2)CC1. The number of hydrogen-bond acceptors (Lipinski definition) is 6. The zero-order valence-corrected chi connectivity index (χ0v) is 16.5. The van der Waals surface area contributed by atoms with Gasteiger partial charge in [-0.25, -0.2) is 13.1 Å². The molecule has 2 fully saturated rings. The van der Waals surface area contributed by atoms with Gasteiger partial charge >= 0.3 is 0 Å². The molecule has 3 N–H and O–H groups in total. The van der Waals surface area contributed by atoms with E-state index in [0.29, 0.717) is 45.1 Å². The zero-order chi connectivity index (χ0) is 19.4. The third-order valence-corrected chi connectivity index (χ3v) is 6.88. The predicted molar refractivity (Wildman–Crippen MR) is 103 cm³/mol. The van der Waals surface area contributed by atoms with E-state index in [1.54, 1.807) is 23.1 Å². The fourth-order valence-electron chi connectivity index (χ4n) is 3.71. The summed E-state index contributed by atoms with van der Waals surface area (Å²) in [7, 11) is -2.14. The van der Waals surface area contributed by atoms with E-state index in [4.69, 9.17) is 10.5 Å². The van der Waals surface area contributed by atoms with Gasteiger partial charge < -0.3 is 20.3 Å². The second-order valence-electron chi connectivity index (χ2n) is 6.96. The van der Waals surface area contributed by atoms with E-state index >= 15 is 0 Å². The van der Waals surface area contributed by atoms with E-state index in [0.717, 1.165) is 12.8 Å². The Balaban J connectivity index is 1.65. The molecule has 3 rings (SSSR count). The zero-order valence-electron chi connectivity index (χ0n) is 15.6. The molecular weight excluding hydrogens is 368 g/mol. The summed E-state index contributed by atoms with van der Waals surface area (Å²) in [4.78, 5) is 16.8. The minimum Gasteiger partial charge on any atom is -0.381 e. The summed E-state index contributed by atoms with van der Waals surface area (Å²) < 4.78 is 32.3. The molecule has 0 aliphatic carbocycles. The largest absolute Gasteiger partial charge is 0.381 e. The molecule has 27 heavy (non-hydrogen) atoms. The molecule has 2 aliphatic rings. The standard InChI is InChI=1S/C18H28N4O4S/c1-20-27(24,25)16-5-3-2-4-15(16)21-8-10-22(11-9-21)18(23)17(19)14-6-12-26-13-7-14/h2-5,14,17,20H,6-13,19H2,1H3. The van der Waals surface area contributed by atoms with Gasteiger partial charge in [-0.3, -0.25) is 4.79 Å². The Kier molecular flexibility index (Phi) is 6.36. The number of nitrogens with one attached hydrogen (secondary N) is 1. The molecule has 2 heterocycles. The number of nitrogens with two attached hydrogens (primary N) is 1. The number of piperazine rings is 1. The summed E-state index contributed by atoms with van der Waals surface area (Å²) in [6.07, 6.45) is 1.64. The van der Waals surface area contributed by atoms with Crippen LogP contribution in [-0.2, 0) is 19.6 Å². The van der Waals surface area contributed by atoms with Crippen molar-refractivity contribution < 1.29 is 17.9 Å². The highest BCUT2D eigenvalue weighted by atomic mass is 32.2. The molecule has 0 saturated carbocycles. The quantitative estimate of drug-likeness (QED) is 0.726. The molecule has 0 radical (unpaired) electrons. The van der Waals surface area contributed by atoms with Crippen LogP contribution in [0.2, 0.25) is 0 Å². The first-order chi connectivity index (χ1) is 12.9. The van der Waals surface area contributed by atoms with Crippen LogP contribution < -0.4 is 15.4 Å². The second kappa shape index (κ2) is 8.55. The fourth-order valence-corrected chi connectivity index (χ4v) is 4.66. The van der Waals surface area contributed by atoms with Gasteiger partial charge in [0, 0.05) is 39.4 Å². The molecule has 0 spiro atoms. The van der Waals surface area contributed by atoms with Crippen LogP contribution in [0.5, 0.6) is 0 Å². The first-order valence-corrected chi connectivity index (χ1v) is 10.8.